The van der Waals surface area contributed by atoms with Gasteiger partial charge in [0.1, 0.15) is 18.2 Å². The van der Waals surface area contributed by atoms with Crippen molar-refractivity contribution in [3.63, 3.8) is 0 Å². The predicted octanol–water partition coefficient (Wildman–Crippen LogP) is 2.78. The summed E-state index contributed by atoms with van der Waals surface area (Å²) >= 11 is 0. The average molecular weight is 385 g/mol. The Morgan fingerprint density at radius 2 is 1.82 bits per heavy atom. The third kappa shape index (κ3) is 4.79. The van der Waals surface area contributed by atoms with Crippen molar-refractivity contribution in [2.75, 3.05) is 46.0 Å². The van der Waals surface area contributed by atoms with Crippen molar-refractivity contribution < 1.29 is 24.1 Å². The number of aromatic nitrogens is 2. The van der Waals surface area contributed by atoms with E-state index in [-0.39, 0.29) is 13.2 Å². The molecule has 0 atom stereocenters. The molecule has 0 fully saturated rings. The highest BCUT2D eigenvalue weighted by Gasteiger charge is 2.15. The van der Waals surface area contributed by atoms with Gasteiger partial charge in [0.05, 0.1) is 57.0 Å². The van der Waals surface area contributed by atoms with Crippen LogP contribution in [0.2, 0.25) is 0 Å². The highest BCUT2D eigenvalue weighted by Crippen LogP contribution is 2.40. The van der Waals surface area contributed by atoms with Crippen LogP contribution >= 0.6 is 0 Å². The summed E-state index contributed by atoms with van der Waals surface area (Å²) in [7, 11) is 3.14. The third-order valence-corrected chi connectivity index (χ3v) is 3.90. The van der Waals surface area contributed by atoms with Gasteiger partial charge in [0.25, 0.3) is 0 Å². The molecular weight excluding hydrogens is 362 g/mol. The number of aliphatic hydroxyl groups is 1. The molecule has 0 amide bonds. The number of fused-ring (bicyclic) bond motifs is 1. The lowest BCUT2D eigenvalue weighted by Crippen LogP contribution is -2.11. The van der Waals surface area contributed by atoms with Gasteiger partial charge in [-0.05, 0) is 12.1 Å². The normalized spacial score (nSPS) is 10.7. The Morgan fingerprint density at radius 1 is 1.00 bits per heavy atom. The minimum Gasteiger partial charge on any atom is -0.497 e. The van der Waals surface area contributed by atoms with E-state index in [0.717, 1.165) is 11.0 Å². The summed E-state index contributed by atoms with van der Waals surface area (Å²) in [5.41, 5.74) is 2.22. The van der Waals surface area contributed by atoms with Gasteiger partial charge >= 0.3 is 0 Å². The Hall–Kier alpha value is -3.10. The summed E-state index contributed by atoms with van der Waals surface area (Å²) in [6.45, 7) is 0.867. The molecule has 0 saturated heterocycles. The maximum Gasteiger partial charge on any atom is 0.185 e. The first-order valence-corrected chi connectivity index (χ1v) is 8.81. The predicted molar refractivity (Wildman–Crippen MR) is 106 cm³/mol. The van der Waals surface area contributed by atoms with E-state index in [1.165, 1.54) is 0 Å². The lowest BCUT2D eigenvalue weighted by Gasteiger charge is -2.17. The molecule has 3 rings (SSSR count). The Labute approximate surface area is 163 Å². The summed E-state index contributed by atoms with van der Waals surface area (Å²) in [4.78, 5) is 9.00. The fourth-order valence-corrected chi connectivity index (χ4v) is 2.61. The molecule has 28 heavy (non-hydrogen) atoms. The van der Waals surface area contributed by atoms with Crippen LogP contribution in [0, 0.1) is 0 Å². The molecule has 148 valence electrons. The van der Waals surface area contributed by atoms with Gasteiger partial charge < -0.3 is 29.4 Å². The van der Waals surface area contributed by atoms with Crippen molar-refractivity contribution in [3.8, 4) is 17.2 Å². The molecule has 8 nitrogen and oxygen atoms in total. The van der Waals surface area contributed by atoms with Crippen LogP contribution in [0.5, 0.6) is 17.2 Å². The molecule has 0 aliphatic rings. The quantitative estimate of drug-likeness (QED) is 0.515. The van der Waals surface area contributed by atoms with Crippen LogP contribution in [0.4, 0.5) is 11.5 Å². The number of nitrogens with one attached hydrogen (secondary N) is 1. The maximum atomic E-state index is 8.78. The van der Waals surface area contributed by atoms with Crippen LogP contribution in [-0.2, 0) is 4.74 Å². The SMILES string of the molecule is COc1cc(Nc2cnc3ccccc3n2)c(OCCOCCO)c(OC)c1. The van der Waals surface area contributed by atoms with E-state index in [2.05, 4.69) is 15.3 Å². The van der Waals surface area contributed by atoms with Crippen LogP contribution in [-0.4, -0.2) is 55.7 Å². The first-order valence-electron chi connectivity index (χ1n) is 8.81. The number of methoxy groups -OCH3 is 2. The Bertz CT molecular complexity index is 919. The lowest BCUT2D eigenvalue weighted by molar-refractivity contribution is 0.0700. The minimum absolute atomic E-state index is 0.0285. The molecule has 0 saturated carbocycles. The van der Waals surface area contributed by atoms with E-state index in [1.54, 1.807) is 32.5 Å². The van der Waals surface area contributed by atoms with Gasteiger partial charge in [-0.25, -0.2) is 4.98 Å². The molecular formula is C20H23N3O5. The fraction of sp³-hybridized carbons (Fsp3) is 0.300. The summed E-state index contributed by atoms with van der Waals surface area (Å²) in [6, 6.07) is 11.2. The first-order chi connectivity index (χ1) is 13.7. The third-order valence-electron chi connectivity index (χ3n) is 3.90. The van der Waals surface area contributed by atoms with Crippen molar-refractivity contribution >= 4 is 22.5 Å². The van der Waals surface area contributed by atoms with Crippen molar-refractivity contribution in [3.05, 3.63) is 42.6 Å². The maximum absolute atomic E-state index is 8.78. The molecule has 0 unspecified atom stereocenters. The van der Waals surface area contributed by atoms with E-state index in [1.807, 2.05) is 24.3 Å². The summed E-state index contributed by atoms with van der Waals surface area (Å²) in [5, 5.41) is 12.0. The molecule has 2 aromatic carbocycles. The average Bonchev–Trinajstić information content (AvgIpc) is 2.74. The molecule has 0 aliphatic carbocycles. The summed E-state index contributed by atoms with van der Waals surface area (Å²) in [5.74, 6) is 2.19. The Balaban J connectivity index is 1.87. The standard InChI is InChI=1S/C20H23N3O5/c1-25-14-11-17(20(18(12-14)26-2)28-10-9-27-8-7-24)23-19-13-21-15-5-3-4-6-16(15)22-19/h3-6,11-13,24H,7-10H2,1-2H3,(H,22,23). The number of rotatable bonds is 10. The number of aliphatic hydroxyl groups excluding tert-OH is 1. The Morgan fingerprint density at radius 3 is 2.57 bits per heavy atom. The van der Waals surface area contributed by atoms with Crippen LogP contribution < -0.4 is 19.5 Å². The molecule has 1 aromatic heterocycles. The monoisotopic (exact) mass is 385 g/mol. The zero-order chi connectivity index (χ0) is 19.8. The minimum atomic E-state index is -0.0285. The zero-order valence-electron chi connectivity index (χ0n) is 15.8. The number of para-hydroxylation sites is 2. The molecule has 0 bridgehead atoms. The second kappa shape index (κ2) is 9.72. The van der Waals surface area contributed by atoms with Crippen molar-refractivity contribution in [1.29, 1.82) is 0 Å². The van der Waals surface area contributed by atoms with Crippen LogP contribution in [0.15, 0.2) is 42.6 Å². The molecule has 0 aliphatic heterocycles. The van der Waals surface area contributed by atoms with E-state index in [4.69, 9.17) is 24.1 Å². The highest BCUT2D eigenvalue weighted by atomic mass is 16.5. The summed E-state index contributed by atoms with van der Waals surface area (Å²) < 4.78 is 21.9. The van der Waals surface area contributed by atoms with Crippen molar-refractivity contribution in [2.24, 2.45) is 0 Å². The van der Waals surface area contributed by atoms with Gasteiger partial charge in [0.2, 0.25) is 0 Å². The van der Waals surface area contributed by atoms with E-state index in [0.29, 0.717) is 42.0 Å². The molecule has 3 aromatic rings. The zero-order valence-corrected chi connectivity index (χ0v) is 15.8. The molecule has 0 radical (unpaired) electrons. The van der Waals surface area contributed by atoms with Gasteiger partial charge in [-0.15, -0.1) is 0 Å². The van der Waals surface area contributed by atoms with E-state index < -0.39 is 0 Å². The number of benzene rings is 2. The number of ether oxygens (including phenoxy) is 4. The topological polar surface area (TPSA) is 95.0 Å². The van der Waals surface area contributed by atoms with E-state index >= 15 is 0 Å². The van der Waals surface area contributed by atoms with Crippen molar-refractivity contribution in [1.82, 2.24) is 9.97 Å². The molecule has 8 heteroatoms. The van der Waals surface area contributed by atoms with Gasteiger partial charge in [-0.2, -0.15) is 0 Å². The largest absolute Gasteiger partial charge is 0.497 e. The number of nitrogens with zero attached hydrogens (tertiary/aromatic N) is 2. The second-order valence-corrected chi connectivity index (χ2v) is 5.76. The second-order valence-electron chi connectivity index (χ2n) is 5.76. The van der Waals surface area contributed by atoms with Gasteiger partial charge in [-0.3, -0.25) is 4.98 Å². The Kier molecular flexibility index (Phi) is 6.83. The van der Waals surface area contributed by atoms with Gasteiger partial charge in [-0.1, -0.05) is 12.1 Å². The summed E-state index contributed by atoms with van der Waals surface area (Å²) in [6.07, 6.45) is 1.66. The number of hydrogen-bond donors (Lipinski definition) is 2. The van der Waals surface area contributed by atoms with Gasteiger partial charge in [0.15, 0.2) is 11.5 Å². The van der Waals surface area contributed by atoms with Crippen LogP contribution in [0.3, 0.4) is 0 Å². The first kappa shape index (κ1) is 19.7. The molecule has 2 N–H and O–H groups in total. The lowest BCUT2D eigenvalue weighted by atomic mass is 10.2. The van der Waals surface area contributed by atoms with Crippen LogP contribution in [0.25, 0.3) is 11.0 Å². The van der Waals surface area contributed by atoms with E-state index in [9.17, 15) is 0 Å². The van der Waals surface area contributed by atoms with Gasteiger partial charge in [0, 0.05) is 12.1 Å². The molecule has 1 heterocycles. The molecule has 0 spiro atoms. The van der Waals surface area contributed by atoms with Crippen LogP contribution in [0.1, 0.15) is 0 Å². The fourth-order valence-electron chi connectivity index (χ4n) is 2.61. The number of hydrogen-bond acceptors (Lipinski definition) is 8. The smallest absolute Gasteiger partial charge is 0.185 e. The highest BCUT2D eigenvalue weighted by molar-refractivity contribution is 5.77. The number of anilines is 2. The van der Waals surface area contributed by atoms with Crippen molar-refractivity contribution in [2.45, 2.75) is 0 Å².